The fraction of sp³-hybridized carbons (Fsp3) is 0.115. The highest BCUT2D eigenvalue weighted by molar-refractivity contribution is 8.26. The molecule has 1 amide bonds. The van der Waals surface area contributed by atoms with Crippen LogP contribution in [0.3, 0.4) is 0 Å². The van der Waals surface area contributed by atoms with Crippen molar-refractivity contribution in [1.82, 2.24) is 9.47 Å². The predicted molar refractivity (Wildman–Crippen MR) is 138 cm³/mol. The van der Waals surface area contributed by atoms with Crippen molar-refractivity contribution in [3.05, 3.63) is 104 Å². The Morgan fingerprint density at radius 2 is 1.74 bits per heavy atom. The average Bonchev–Trinajstić information content (AvgIpc) is 3.10. The first kappa shape index (κ1) is 24.1. The zero-order valence-corrected chi connectivity index (χ0v) is 20.2. The Bertz CT molecular complexity index is 1470. The van der Waals surface area contributed by atoms with Gasteiger partial charge in [-0.25, -0.2) is 0 Å². The van der Waals surface area contributed by atoms with E-state index in [0.717, 1.165) is 26.8 Å². The van der Waals surface area contributed by atoms with Crippen LogP contribution in [0.2, 0.25) is 0 Å². The number of amides is 1. The molecular weight excluding hydrogens is 482 g/mol. The number of aromatic hydroxyl groups is 1. The summed E-state index contributed by atoms with van der Waals surface area (Å²) in [6, 6.07) is 20.0. The van der Waals surface area contributed by atoms with Crippen LogP contribution in [0.1, 0.15) is 32.6 Å². The number of carbonyl (C=O) groups excluding carboxylic acids is 2. The summed E-state index contributed by atoms with van der Waals surface area (Å²) in [5, 5.41) is 20.5. The van der Waals surface area contributed by atoms with Crippen molar-refractivity contribution in [2.45, 2.75) is 13.5 Å². The van der Waals surface area contributed by atoms with E-state index >= 15 is 0 Å². The van der Waals surface area contributed by atoms with Crippen LogP contribution in [-0.4, -0.2) is 37.1 Å². The van der Waals surface area contributed by atoms with E-state index in [0.29, 0.717) is 10.5 Å². The molecule has 4 rings (SSSR count). The normalized spacial score (nSPS) is 14.4. The van der Waals surface area contributed by atoms with E-state index in [1.54, 1.807) is 30.3 Å². The number of aromatic nitrogens is 1. The van der Waals surface area contributed by atoms with Crippen molar-refractivity contribution >= 4 is 46.1 Å². The minimum atomic E-state index is -0.695. The second-order valence-electron chi connectivity index (χ2n) is 7.79. The molecule has 0 spiro atoms. The van der Waals surface area contributed by atoms with Crippen LogP contribution in [-0.2, 0) is 11.3 Å². The number of rotatable bonds is 6. The van der Waals surface area contributed by atoms with Crippen LogP contribution in [0.15, 0.2) is 70.4 Å². The Hall–Kier alpha value is -4.00. The zero-order valence-electron chi connectivity index (χ0n) is 18.6. The molecule has 2 aromatic carbocycles. The molecule has 174 valence electrons. The molecule has 0 saturated carbocycles. The number of hydrogen-bond acceptors (Lipinski definition) is 7. The first-order chi connectivity index (χ1) is 16.8. The molecule has 1 saturated heterocycles. The summed E-state index contributed by atoms with van der Waals surface area (Å²) in [6.07, 6.45) is 1.69. The third-order valence-electron chi connectivity index (χ3n) is 5.54. The maximum atomic E-state index is 13.3. The van der Waals surface area contributed by atoms with Gasteiger partial charge in [0.15, 0.2) is 5.78 Å². The number of Topliss-reactive ketones (excluding diaryl/α,β-unsaturated/α-hetero) is 1. The molecule has 35 heavy (non-hydrogen) atoms. The molecule has 0 radical (unpaired) electrons. The minimum Gasteiger partial charge on any atom is -0.494 e. The molecule has 7 nitrogen and oxygen atoms in total. The number of ketones is 1. The standard InChI is InChI=1S/C26H19N3O4S2/c1-16-19(13-27)23(31)28(14-18-10-6-3-7-11-18)25(33)22(16)20(30)15-29-24(32)21(35-26(29)34)12-17-8-4-2-5-9-17/h2-12,33H,14-15H2,1H3/b21-12-. The van der Waals surface area contributed by atoms with E-state index in [1.807, 2.05) is 42.5 Å². The van der Waals surface area contributed by atoms with Gasteiger partial charge in [0.25, 0.3) is 11.5 Å². The third-order valence-corrected chi connectivity index (χ3v) is 6.91. The topological polar surface area (TPSA) is 103 Å². The highest BCUT2D eigenvalue weighted by Gasteiger charge is 2.35. The molecular formula is C26H19N3O4S2. The lowest BCUT2D eigenvalue weighted by molar-refractivity contribution is -0.121. The van der Waals surface area contributed by atoms with Crippen LogP contribution in [0.5, 0.6) is 5.88 Å². The quantitative estimate of drug-likeness (QED) is 0.311. The molecule has 0 atom stereocenters. The van der Waals surface area contributed by atoms with Gasteiger partial charge in [-0.3, -0.25) is 23.9 Å². The second kappa shape index (κ2) is 10.1. The van der Waals surface area contributed by atoms with Gasteiger partial charge in [0, 0.05) is 0 Å². The molecule has 1 aliphatic heterocycles. The fourth-order valence-electron chi connectivity index (χ4n) is 3.76. The van der Waals surface area contributed by atoms with Crippen molar-refractivity contribution in [3.63, 3.8) is 0 Å². The maximum Gasteiger partial charge on any atom is 0.271 e. The molecule has 1 aliphatic rings. The molecule has 0 unspecified atom stereocenters. The van der Waals surface area contributed by atoms with E-state index < -0.39 is 29.7 Å². The summed E-state index contributed by atoms with van der Waals surface area (Å²) < 4.78 is 1.20. The molecule has 9 heteroatoms. The van der Waals surface area contributed by atoms with Crippen molar-refractivity contribution in [2.75, 3.05) is 6.54 Å². The number of thiocarbonyl (C=S) groups is 1. The highest BCUT2D eigenvalue weighted by atomic mass is 32.2. The summed E-state index contributed by atoms with van der Waals surface area (Å²) in [7, 11) is 0. The monoisotopic (exact) mass is 501 g/mol. The SMILES string of the molecule is Cc1c(C(=O)CN2C(=O)/C(=C/c3ccccc3)SC2=S)c(O)n(Cc2ccccc2)c(=O)c1C#N. The Labute approximate surface area is 210 Å². The number of carbonyl (C=O) groups is 2. The van der Waals surface area contributed by atoms with E-state index in [1.165, 1.54) is 6.92 Å². The van der Waals surface area contributed by atoms with Gasteiger partial charge in [0.2, 0.25) is 5.88 Å². The number of hydrogen-bond donors (Lipinski definition) is 1. The van der Waals surface area contributed by atoms with Gasteiger partial charge in [-0.1, -0.05) is 84.6 Å². The van der Waals surface area contributed by atoms with Gasteiger partial charge >= 0.3 is 0 Å². The lowest BCUT2D eigenvalue weighted by atomic mass is 10.0. The van der Waals surface area contributed by atoms with Crippen molar-refractivity contribution in [3.8, 4) is 11.9 Å². The first-order valence-electron chi connectivity index (χ1n) is 10.6. The van der Waals surface area contributed by atoms with Gasteiger partial charge in [-0.2, -0.15) is 5.26 Å². The molecule has 0 aliphatic carbocycles. The molecule has 1 fully saturated rings. The number of thioether (sulfide) groups is 1. The first-order valence-corrected chi connectivity index (χ1v) is 11.8. The fourth-order valence-corrected chi connectivity index (χ4v) is 5.01. The van der Waals surface area contributed by atoms with E-state index in [9.17, 15) is 24.8 Å². The van der Waals surface area contributed by atoms with Crippen molar-refractivity contribution in [2.24, 2.45) is 0 Å². The van der Waals surface area contributed by atoms with Gasteiger partial charge in [0.05, 0.1) is 23.6 Å². The number of pyridine rings is 1. The molecule has 1 N–H and O–H groups in total. The molecule has 3 aromatic rings. The van der Waals surface area contributed by atoms with Gasteiger partial charge < -0.3 is 5.11 Å². The predicted octanol–water partition coefficient (Wildman–Crippen LogP) is 3.87. The Morgan fingerprint density at radius 1 is 1.11 bits per heavy atom. The van der Waals surface area contributed by atoms with E-state index in [4.69, 9.17) is 12.2 Å². The lowest BCUT2D eigenvalue weighted by Gasteiger charge is -2.18. The summed E-state index contributed by atoms with van der Waals surface area (Å²) in [6.45, 7) is 0.973. The van der Waals surface area contributed by atoms with E-state index in [-0.39, 0.29) is 27.6 Å². The average molecular weight is 502 g/mol. The zero-order chi connectivity index (χ0) is 25.1. The number of nitriles is 1. The van der Waals surface area contributed by atoms with Crippen molar-refractivity contribution < 1.29 is 14.7 Å². The van der Waals surface area contributed by atoms with E-state index in [2.05, 4.69) is 0 Å². The summed E-state index contributed by atoms with van der Waals surface area (Å²) >= 11 is 6.42. The number of nitrogens with zero attached hydrogens (tertiary/aromatic N) is 3. The van der Waals surface area contributed by atoms with Crippen molar-refractivity contribution in [1.29, 1.82) is 5.26 Å². The Morgan fingerprint density at radius 3 is 2.37 bits per heavy atom. The molecule has 1 aromatic heterocycles. The largest absolute Gasteiger partial charge is 0.494 e. The number of benzene rings is 2. The van der Waals surface area contributed by atoms with Crippen LogP contribution in [0, 0.1) is 18.3 Å². The molecule has 2 heterocycles. The smallest absolute Gasteiger partial charge is 0.271 e. The minimum absolute atomic E-state index is 0.0262. The van der Waals surface area contributed by atoms with Gasteiger partial charge in [0.1, 0.15) is 16.0 Å². The summed E-state index contributed by atoms with van der Waals surface area (Å²) in [4.78, 5) is 40.7. The van der Waals surface area contributed by atoms with Crippen LogP contribution >= 0.6 is 24.0 Å². The Kier molecular flexibility index (Phi) is 6.96. The van der Waals surface area contributed by atoms with Crippen LogP contribution in [0.25, 0.3) is 6.08 Å². The van der Waals surface area contributed by atoms with Gasteiger partial charge in [-0.15, -0.1) is 0 Å². The Balaban J connectivity index is 1.68. The summed E-state index contributed by atoms with van der Waals surface area (Å²) in [5.41, 5.74) is 0.474. The summed E-state index contributed by atoms with van der Waals surface area (Å²) in [5.74, 6) is -1.60. The highest BCUT2D eigenvalue weighted by Crippen LogP contribution is 2.33. The van der Waals surface area contributed by atoms with Crippen LogP contribution < -0.4 is 5.56 Å². The molecule has 0 bridgehead atoms. The lowest BCUT2D eigenvalue weighted by Crippen LogP contribution is -2.35. The third kappa shape index (κ3) is 4.80. The second-order valence-corrected chi connectivity index (χ2v) is 9.46. The maximum absolute atomic E-state index is 13.3. The van der Waals surface area contributed by atoms with Crippen LogP contribution in [0.4, 0.5) is 0 Å². The van der Waals surface area contributed by atoms with Gasteiger partial charge in [-0.05, 0) is 29.7 Å².